The molecule has 0 aliphatic carbocycles. The molecular formula is C41H52N3O16S3+. The largest absolute Gasteiger partial charge is 0.385 e. The Bertz CT molecular complexity index is 2550. The number of fused-ring (bicyclic) bond motifs is 2. The number of carbonyl (C=O) groups excluding carboxylic acids is 3. The van der Waals surface area contributed by atoms with Gasteiger partial charge >= 0.3 is 5.97 Å². The molecule has 2 atom stereocenters. The van der Waals surface area contributed by atoms with Crippen molar-refractivity contribution >= 4 is 65.2 Å². The fraction of sp³-hybridized carbons (Fsp3) is 0.463. The monoisotopic (exact) mass is 938 g/mol. The number of methoxy groups -OCH3 is 2. The number of benzene rings is 2. The van der Waals surface area contributed by atoms with Crippen LogP contribution < -0.4 is 4.90 Å². The Morgan fingerprint density at radius 2 is 1.43 bits per heavy atom. The molecule has 0 bridgehead atoms. The zero-order valence-corrected chi connectivity index (χ0v) is 37.7. The average Bonchev–Trinajstić information content (AvgIpc) is 3.73. The van der Waals surface area contributed by atoms with E-state index in [9.17, 15) is 53.3 Å². The molecule has 2 aromatic rings. The summed E-state index contributed by atoms with van der Waals surface area (Å²) in [6.45, 7) is 4.78. The predicted octanol–water partition coefficient (Wildman–Crippen LogP) is 3.68. The number of hydrogen-bond donors (Lipinski definition) is 3. The number of imide groups is 1. The maximum Gasteiger partial charge on any atom is 0.335 e. The summed E-state index contributed by atoms with van der Waals surface area (Å²) in [4.78, 5) is 42.2. The molecule has 0 radical (unpaired) electrons. The van der Waals surface area contributed by atoms with Gasteiger partial charge in [0, 0.05) is 74.7 Å². The fourth-order valence-corrected chi connectivity index (χ4v) is 9.59. The number of amides is 2. The highest BCUT2D eigenvalue weighted by atomic mass is 32.2. The van der Waals surface area contributed by atoms with Crippen LogP contribution in [0.1, 0.15) is 63.5 Å². The summed E-state index contributed by atoms with van der Waals surface area (Å²) in [6, 6.07) is 8.47. The van der Waals surface area contributed by atoms with Crippen LogP contribution in [0.2, 0.25) is 0 Å². The molecule has 0 saturated carbocycles. The van der Waals surface area contributed by atoms with Crippen molar-refractivity contribution in [3.63, 3.8) is 0 Å². The number of carbonyl (C=O) groups is 3. The van der Waals surface area contributed by atoms with E-state index in [1.807, 2.05) is 29.4 Å². The van der Waals surface area contributed by atoms with E-state index in [2.05, 4.69) is 0 Å². The first kappa shape index (κ1) is 49.4. The van der Waals surface area contributed by atoms with Crippen LogP contribution in [-0.2, 0) is 74.6 Å². The molecule has 3 aliphatic heterocycles. The Balaban J connectivity index is 1.47. The van der Waals surface area contributed by atoms with Crippen molar-refractivity contribution < 1.29 is 76.9 Å². The molecule has 1 saturated heterocycles. The van der Waals surface area contributed by atoms with Gasteiger partial charge in [-0.1, -0.05) is 18.2 Å². The molecule has 22 heteroatoms. The minimum atomic E-state index is -4.60. The van der Waals surface area contributed by atoms with E-state index in [1.165, 1.54) is 38.5 Å². The molecule has 3 aliphatic rings. The molecule has 2 aromatic carbocycles. The number of rotatable bonds is 22. The highest BCUT2D eigenvalue weighted by molar-refractivity contribution is 7.86. The minimum Gasteiger partial charge on any atom is -0.385 e. The number of nitrogens with zero attached hydrogens (tertiary/aromatic N) is 3. The van der Waals surface area contributed by atoms with Crippen molar-refractivity contribution in [3.8, 4) is 0 Å². The van der Waals surface area contributed by atoms with Crippen LogP contribution in [0, 0.1) is 0 Å². The summed E-state index contributed by atoms with van der Waals surface area (Å²) >= 11 is 0. The molecular weight excluding hydrogens is 887 g/mol. The Kier molecular flexibility index (Phi) is 15.7. The smallest absolute Gasteiger partial charge is 0.335 e. The van der Waals surface area contributed by atoms with Gasteiger partial charge < -0.3 is 23.9 Å². The first-order valence-corrected chi connectivity index (χ1v) is 24.3. The van der Waals surface area contributed by atoms with Gasteiger partial charge in [-0.25, -0.2) is 4.79 Å². The van der Waals surface area contributed by atoms with Gasteiger partial charge in [0.2, 0.25) is 5.69 Å². The topological polar surface area (TPSA) is 261 Å². The summed E-state index contributed by atoms with van der Waals surface area (Å²) < 4.78 is 120. The summed E-state index contributed by atoms with van der Waals surface area (Å²) in [5.74, 6) is -2.56. The summed E-state index contributed by atoms with van der Waals surface area (Å²) in [5, 5.41) is 0.461. The molecule has 3 N–H and O–H groups in total. The Morgan fingerprint density at radius 1 is 0.794 bits per heavy atom. The second-order valence-electron chi connectivity index (χ2n) is 15.5. The Hall–Kier alpha value is -4.65. The van der Waals surface area contributed by atoms with Gasteiger partial charge in [-0.3, -0.25) is 23.2 Å². The predicted molar refractivity (Wildman–Crippen MR) is 227 cm³/mol. The molecule has 0 spiro atoms. The van der Waals surface area contributed by atoms with Crippen molar-refractivity contribution in [1.82, 2.24) is 5.06 Å². The quantitative estimate of drug-likeness (QED) is 0.0500. The molecule has 0 aromatic heterocycles. The van der Waals surface area contributed by atoms with Crippen LogP contribution >= 0.6 is 0 Å². The van der Waals surface area contributed by atoms with E-state index < -0.39 is 64.7 Å². The number of anilines is 1. The SMILES string of the molecule is COCC[N+]1=C(/C=C/C=C/C=C2/N(CCOCCC(=O)ON3C(=O)CCC3=O)c3ccc(S(=O)(=O)O)cc3C2(C)CCOC)C(C)(CCCS(=O)(=O)O)c2cc(S(=O)(=O)O)ccc21. The number of hydrogen-bond acceptors (Lipinski definition) is 14. The highest BCUT2D eigenvalue weighted by Gasteiger charge is 2.48. The lowest BCUT2D eigenvalue weighted by Crippen LogP contribution is -2.33. The van der Waals surface area contributed by atoms with Gasteiger partial charge in [0.05, 0.1) is 40.6 Å². The number of ether oxygens (including phenoxy) is 3. The third kappa shape index (κ3) is 11.5. The third-order valence-corrected chi connectivity index (χ3v) is 13.8. The molecule has 63 heavy (non-hydrogen) atoms. The second-order valence-corrected chi connectivity index (χ2v) is 19.9. The maximum absolute atomic E-state index is 12.3. The summed E-state index contributed by atoms with van der Waals surface area (Å²) in [7, 11) is -10.4. The maximum atomic E-state index is 12.3. The van der Waals surface area contributed by atoms with Crippen LogP contribution in [0.15, 0.2) is 82.3 Å². The molecule has 2 unspecified atom stereocenters. The standard InChI is InChI=1S/C41H51N3O16S3/c1-40(18-8-26-61(48,49)50)31-27-29(62(51,52)53)11-13-33(31)42(20-24-58-4)35(40)9-6-5-7-10-36-41(2,19-23-57-3)32-28-30(63(54,55)56)12-14-34(32)43(36)21-25-59-22-17-39(47)60-44-37(45)15-16-38(44)46/h5-7,9-14,27-28H,8,15-26H2,1-4H3,(H2-,48,49,50,51,52,53,54,55,56)/p+1. The van der Waals surface area contributed by atoms with E-state index in [-0.39, 0.29) is 74.9 Å². The van der Waals surface area contributed by atoms with Crippen molar-refractivity contribution in [2.45, 2.75) is 73.0 Å². The van der Waals surface area contributed by atoms with E-state index >= 15 is 0 Å². The molecule has 19 nitrogen and oxygen atoms in total. The van der Waals surface area contributed by atoms with Gasteiger partial charge in [0.15, 0.2) is 12.3 Å². The van der Waals surface area contributed by atoms with Gasteiger partial charge in [0.25, 0.3) is 42.2 Å². The fourth-order valence-electron chi connectivity index (χ4n) is 8.07. The first-order chi connectivity index (χ1) is 29.5. The Labute approximate surface area is 366 Å². The summed E-state index contributed by atoms with van der Waals surface area (Å²) in [5.41, 5.74) is 1.85. The zero-order chi connectivity index (χ0) is 46.4. The van der Waals surface area contributed by atoms with Gasteiger partial charge in [-0.15, -0.1) is 5.06 Å². The molecule has 344 valence electrons. The molecule has 1 fully saturated rings. The van der Waals surface area contributed by atoms with Crippen LogP contribution in [0.5, 0.6) is 0 Å². The van der Waals surface area contributed by atoms with Crippen molar-refractivity contribution in [3.05, 3.63) is 83.6 Å². The van der Waals surface area contributed by atoms with Crippen molar-refractivity contribution in [1.29, 1.82) is 0 Å². The number of hydroxylamine groups is 2. The lowest BCUT2D eigenvalue weighted by Gasteiger charge is -2.30. The van der Waals surface area contributed by atoms with Crippen molar-refractivity contribution in [2.75, 3.05) is 64.4 Å². The molecule has 3 heterocycles. The normalized spacial score (nSPS) is 21.2. The Morgan fingerprint density at radius 3 is 2.05 bits per heavy atom. The van der Waals surface area contributed by atoms with Crippen LogP contribution in [-0.4, -0.2) is 132 Å². The van der Waals surface area contributed by atoms with E-state index in [0.29, 0.717) is 51.9 Å². The van der Waals surface area contributed by atoms with E-state index in [0.717, 1.165) is 0 Å². The number of allylic oxidation sites excluding steroid dienone is 6. The first-order valence-electron chi connectivity index (χ1n) is 19.8. The van der Waals surface area contributed by atoms with Gasteiger partial charge in [-0.2, -0.15) is 29.8 Å². The van der Waals surface area contributed by atoms with Crippen LogP contribution in [0.4, 0.5) is 11.4 Å². The molecule has 5 rings (SSSR count). The zero-order valence-electron chi connectivity index (χ0n) is 35.3. The summed E-state index contributed by atoms with van der Waals surface area (Å²) in [6.07, 6.45) is 9.10. The van der Waals surface area contributed by atoms with Crippen molar-refractivity contribution in [2.24, 2.45) is 0 Å². The highest BCUT2D eigenvalue weighted by Crippen LogP contribution is 2.51. The van der Waals surface area contributed by atoms with Crippen LogP contribution in [0.25, 0.3) is 0 Å². The minimum absolute atomic E-state index is 0.0203. The second kappa shape index (κ2) is 20.0. The van der Waals surface area contributed by atoms with Gasteiger partial charge in [0.1, 0.15) is 6.61 Å². The lowest BCUT2D eigenvalue weighted by atomic mass is 9.76. The van der Waals surface area contributed by atoms with Crippen LogP contribution in [0.3, 0.4) is 0 Å². The average molecular weight is 939 g/mol. The van der Waals surface area contributed by atoms with E-state index in [4.69, 9.17) is 19.0 Å². The van der Waals surface area contributed by atoms with E-state index in [1.54, 1.807) is 36.4 Å². The third-order valence-electron chi connectivity index (χ3n) is 11.3. The van der Waals surface area contributed by atoms with Gasteiger partial charge in [-0.05, 0) is 75.1 Å². The molecule has 2 amide bonds. The lowest BCUT2D eigenvalue weighted by molar-refractivity contribution is -0.441.